The lowest BCUT2D eigenvalue weighted by molar-refractivity contribution is -0.440. The van der Waals surface area contributed by atoms with E-state index in [0.717, 1.165) is 0 Å². The Kier molecular flexibility index (Phi) is 14.7. The zero-order valence-electron chi connectivity index (χ0n) is 29.1. The molecular formula is C34H24F26. The first kappa shape index (κ1) is 52.3. The molecule has 0 saturated carbocycles. The van der Waals surface area contributed by atoms with E-state index < -0.39 is 110 Å². The number of hydrogen-bond donors (Lipinski definition) is 0. The molecule has 0 heterocycles. The van der Waals surface area contributed by atoms with Gasteiger partial charge in [0.15, 0.2) is 0 Å². The molecule has 0 aliphatic rings. The molecule has 0 unspecified atom stereocenters. The minimum absolute atomic E-state index is 0.246. The molecule has 0 fully saturated rings. The van der Waals surface area contributed by atoms with Crippen LogP contribution in [0.4, 0.5) is 114 Å². The third-order valence-corrected chi connectivity index (χ3v) is 8.67. The maximum Gasteiger partial charge on any atom is 0.460 e. The number of benzene rings is 2. The fourth-order valence-electron chi connectivity index (χ4n) is 4.92. The van der Waals surface area contributed by atoms with Crippen LogP contribution in [-0.2, 0) is 12.8 Å². The van der Waals surface area contributed by atoms with Crippen LogP contribution in [0.1, 0.15) is 60.8 Å². The number of halogens is 26. The highest BCUT2D eigenvalue weighted by Crippen LogP contribution is 2.62. The van der Waals surface area contributed by atoms with Crippen LogP contribution in [0.15, 0.2) is 48.5 Å². The minimum Gasteiger partial charge on any atom is -0.200 e. The topological polar surface area (TPSA) is 0 Å². The maximum atomic E-state index is 14.0. The molecule has 0 N–H and O–H groups in total. The maximum absolute atomic E-state index is 14.0. The normalized spacial score (nSPS) is 14.9. The first-order chi connectivity index (χ1) is 26.6. The van der Waals surface area contributed by atoms with E-state index >= 15 is 0 Å². The molecule has 2 aromatic rings. The quantitative estimate of drug-likeness (QED) is 0.0794. The molecule has 2 aromatic carbocycles. The fraction of sp³-hybridized carbons (Fsp3) is 0.588. The van der Waals surface area contributed by atoms with Crippen LogP contribution in [0, 0.1) is 11.8 Å². The van der Waals surface area contributed by atoms with Crippen LogP contribution in [-0.4, -0.2) is 71.6 Å². The van der Waals surface area contributed by atoms with E-state index in [2.05, 4.69) is 11.8 Å². The van der Waals surface area contributed by atoms with Crippen molar-refractivity contribution < 1.29 is 114 Å². The van der Waals surface area contributed by atoms with Crippen molar-refractivity contribution >= 4 is 0 Å². The molecule has 0 aliphatic carbocycles. The summed E-state index contributed by atoms with van der Waals surface area (Å²) in [7, 11) is 0. The van der Waals surface area contributed by atoms with E-state index in [9.17, 15) is 114 Å². The van der Waals surface area contributed by atoms with Gasteiger partial charge in [-0.15, -0.1) is 0 Å². The third-order valence-electron chi connectivity index (χ3n) is 8.67. The lowest BCUT2D eigenvalue weighted by Crippen LogP contribution is -2.70. The minimum atomic E-state index is -7.99. The molecule has 26 heteroatoms. The highest BCUT2D eigenvalue weighted by atomic mass is 19.4. The SMILES string of the molecule is FC(F)(F)C(F)(F)C(F)(F)C(F)(F)C(F)(F)C(F)(F)CCCCc1ccc(C#Cc2ccc(CCCCC(F)(F)C(F)(F)C(F)(F)C(F)(F)C(F)(F)C(F)(F)F)cc2)cc1. The lowest BCUT2D eigenvalue weighted by atomic mass is 9.91. The van der Waals surface area contributed by atoms with Gasteiger partial charge in [0.1, 0.15) is 0 Å². The van der Waals surface area contributed by atoms with Crippen molar-refractivity contribution in [3.8, 4) is 11.8 Å². The zero-order chi connectivity index (χ0) is 47.0. The number of hydrogen-bond acceptors (Lipinski definition) is 0. The summed E-state index contributed by atoms with van der Waals surface area (Å²) in [5.41, 5.74) is 1.02. The van der Waals surface area contributed by atoms with E-state index in [0.29, 0.717) is 0 Å². The van der Waals surface area contributed by atoms with Crippen molar-refractivity contribution in [1.29, 1.82) is 0 Å². The Morgan fingerprint density at radius 3 is 0.750 bits per heavy atom. The molecule has 342 valence electrons. The summed E-state index contributed by atoms with van der Waals surface area (Å²) in [6.07, 6.45) is -23.6. The van der Waals surface area contributed by atoms with Crippen molar-refractivity contribution in [3.05, 3.63) is 70.8 Å². The zero-order valence-corrected chi connectivity index (χ0v) is 29.1. The summed E-state index contributed by atoms with van der Waals surface area (Å²) in [4.78, 5) is 0. The summed E-state index contributed by atoms with van der Waals surface area (Å²) in [6.45, 7) is 0. The molecule has 0 atom stereocenters. The summed E-state index contributed by atoms with van der Waals surface area (Å²) in [5.74, 6) is -69.3. The van der Waals surface area contributed by atoms with Crippen LogP contribution in [0.2, 0.25) is 0 Å². The predicted molar refractivity (Wildman–Crippen MR) is 156 cm³/mol. The molecule has 0 aliphatic heterocycles. The predicted octanol–water partition coefficient (Wildman–Crippen LogP) is 14.0. The molecular weight excluding hydrogens is 902 g/mol. The van der Waals surface area contributed by atoms with Gasteiger partial charge in [-0.05, 0) is 73.9 Å². The summed E-state index contributed by atoms with van der Waals surface area (Å²) >= 11 is 0. The summed E-state index contributed by atoms with van der Waals surface area (Å²) in [5, 5.41) is 0. The van der Waals surface area contributed by atoms with Crippen molar-refractivity contribution in [2.24, 2.45) is 0 Å². The van der Waals surface area contributed by atoms with E-state index in [4.69, 9.17) is 0 Å². The van der Waals surface area contributed by atoms with Gasteiger partial charge in [0.2, 0.25) is 0 Å². The third kappa shape index (κ3) is 9.47. The number of unbranched alkanes of at least 4 members (excludes halogenated alkanes) is 2. The molecule has 0 spiro atoms. The van der Waals surface area contributed by atoms with Gasteiger partial charge in [0, 0.05) is 24.0 Å². The standard InChI is InChI=1S/C34H24F26/c35-23(36,25(39,40)27(43,44)29(47,48)31(51,52)33(55,56)57)17-3-1-5-19-7-11-21(12-8-19)15-16-22-13-9-20(10-14-22)6-2-4-18-24(37,38)26(41,42)28(45,46)30(49,50)32(53,54)34(58,59)60/h7-14H,1-6,17-18H2. The molecule has 0 radical (unpaired) electrons. The number of aryl methyl sites for hydroxylation is 2. The van der Waals surface area contributed by atoms with Crippen LogP contribution in [0.3, 0.4) is 0 Å². The Morgan fingerprint density at radius 2 is 0.517 bits per heavy atom. The van der Waals surface area contributed by atoms with Crippen LogP contribution in [0.25, 0.3) is 0 Å². The molecule has 0 saturated heterocycles. The summed E-state index contributed by atoms with van der Waals surface area (Å²) < 4.78 is 344. The Bertz CT molecular complexity index is 1660. The van der Waals surface area contributed by atoms with Crippen LogP contribution in [0.5, 0.6) is 0 Å². The monoisotopic (exact) mass is 926 g/mol. The molecule has 60 heavy (non-hydrogen) atoms. The average Bonchev–Trinajstić information content (AvgIpc) is 3.10. The van der Waals surface area contributed by atoms with Crippen LogP contribution < -0.4 is 0 Å². The average molecular weight is 927 g/mol. The first-order valence-electron chi connectivity index (χ1n) is 16.2. The highest BCUT2D eigenvalue weighted by molar-refractivity contribution is 5.44. The Morgan fingerprint density at radius 1 is 0.283 bits per heavy atom. The second-order valence-corrected chi connectivity index (χ2v) is 13.1. The largest absolute Gasteiger partial charge is 0.460 e. The highest BCUT2D eigenvalue weighted by Gasteiger charge is 2.92. The molecule has 0 nitrogen and oxygen atoms in total. The van der Waals surface area contributed by atoms with Crippen molar-refractivity contribution in [3.63, 3.8) is 0 Å². The Labute approximate surface area is 320 Å². The van der Waals surface area contributed by atoms with Crippen molar-refractivity contribution in [2.45, 2.75) is 123 Å². The first-order valence-corrected chi connectivity index (χ1v) is 16.2. The lowest BCUT2D eigenvalue weighted by Gasteiger charge is -2.39. The van der Waals surface area contributed by atoms with Crippen molar-refractivity contribution in [2.75, 3.05) is 0 Å². The van der Waals surface area contributed by atoms with Gasteiger partial charge in [-0.3, -0.25) is 0 Å². The van der Waals surface area contributed by atoms with Gasteiger partial charge in [-0.1, -0.05) is 36.1 Å². The Balaban J connectivity index is 1.96. The summed E-state index contributed by atoms with van der Waals surface area (Å²) in [6, 6.07) is 10.4. The molecule has 0 amide bonds. The molecule has 0 bridgehead atoms. The van der Waals surface area contributed by atoms with E-state index in [1.807, 2.05) is 0 Å². The Hall–Kier alpha value is -3.82. The van der Waals surface area contributed by atoms with Gasteiger partial charge >= 0.3 is 71.6 Å². The smallest absolute Gasteiger partial charge is 0.200 e. The van der Waals surface area contributed by atoms with Gasteiger partial charge in [0.25, 0.3) is 0 Å². The second-order valence-electron chi connectivity index (χ2n) is 13.1. The van der Waals surface area contributed by atoms with E-state index in [-0.39, 0.29) is 35.1 Å². The van der Waals surface area contributed by atoms with Gasteiger partial charge in [-0.25, -0.2) is 0 Å². The fourth-order valence-corrected chi connectivity index (χ4v) is 4.92. The molecule has 2 rings (SSSR count). The molecule has 0 aromatic heterocycles. The van der Waals surface area contributed by atoms with E-state index in [1.165, 1.54) is 48.5 Å². The van der Waals surface area contributed by atoms with Crippen LogP contribution >= 0.6 is 0 Å². The van der Waals surface area contributed by atoms with Crippen molar-refractivity contribution in [1.82, 2.24) is 0 Å². The van der Waals surface area contributed by atoms with E-state index in [1.54, 1.807) is 0 Å². The number of alkyl halides is 26. The van der Waals surface area contributed by atoms with Gasteiger partial charge in [-0.2, -0.15) is 114 Å². The van der Waals surface area contributed by atoms with Gasteiger partial charge in [0.05, 0.1) is 0 Å². The number of rotatable bonds is 18. The second kappa shape index (κ2) is 16.8. The van der Waals surface area contributed by atoms with Gasteiger partial charge < -0.3 is 0 Å².